The third-order valence-electron chi connectivity index (χ3n) is 15.4. The van der Waals surface area contributed by atoms with Gasteiger partial charge in [0, 0.05) is 74.2 Å². The summed E-state index contributed by atoms with van der Waals surface area (Å²) >= 11 is 0. The molecule has 6 N–H and O–H groups in total. The van der Waals surface area contributed by atoms with Crippen molar-refractivity contribution in [3.05, 3.63) is 114 Å². The summed E-state index contributed by atoms with van der Waals surface area (Å²) in [5.74, 6) is -0.702. The van der Waals surface area contributed by atoms with Crippen LogP contribution in [-0.2, 0) is 57.9 Å². The molecule has 2 atom stereocenters. The van der Waals surface area contributed by atoms with Crippen LogP contribution in [-0.4, -0.2) is 158 Å². The molecule has 6 aromatic rings. The molecule has 2 saturated carbocycles. The van der Waals surface area contributed by atoms with Gasteiger partial charge in [0.05, 0.1) is 43.9 Å². The molecule has 2 aliphatic carbocycles. The monoisotopic (exact) mass is 1210 g/mol. The fraction of sp³-hybridized carbons (Fsp3) is 0.484. The number of aromatic nitrogens is 8. The third kappa shape index (κ3) is 18.3. The van der Waals surface area contributed by atoms with Gasteiger partial charge in [0.1, 0.15) is 48.1 Å². The van der Waals surface area contributed by atoms with E-state index >= 15 is 0 Å². The number of benzene rings is 2. The topological polar surface area (TPSA) is 319 Å². The van der Waals surface area contributed by atoms with Crippen LogP contribution in [0, 0.1) is 37.0 Å². The van der Waals surface area contributed by atoms with Crippen molar-refractivity contribution in [2.24, 2.45) is 23.2 Å². The third-order valence-corrected chi connectivity index (χ3v) is 15.4. The van der Waals surface area contributed by atoms with E-state index in [-0.39, 0.29) is 97.9 Å². The Kier molecular flexibility index (Phi) is 21.3. The number of methoxy groups -OCH3 is 1. The molecule has 4 aromatic heterocycles. The lowest BCUT2D eigenvalue weighted by atomic mass is 9.88. The lowest BCUT2D eigenvalue weighted by Crippen LogP contribution is -2.56. The highest BCUT2D eigenvalue weighted by molar-refractivity contribution is 6.01. The summed E-state index contributed by atoms with van der Waals surface area (Å²) in [7, 11) is 1.28. The van der Waals surface area contributed by atoms with Crippen molar-refractivity contribution < 1.29 is 57.2 Å². The van der Waals surface area contributed by atoms with Gasteiger partial charge in [-0.25, -0.2) is 14.5 Å². The second-order valence-corrected chi connectivity index (χ2v) is 23.7. The maximum absolute atomic E-state index is 14.0. The molecule has 0 spiro atoms. The molecule has 0 unspecified atom stereocenters. The van der Waals surface area contributed by atoms with Gasteiger partial charge in [-0.15, -0.1) is 5.10 Å². The van der Waals surface area contributed by atoms with E-state index < -0.39 is 24.0 Å². The quantitative estimate of drug-likeness (QED) is 0.0237. The Morgan fingerprint density at radius 1 is 0.841 bits per heavy atom. The minimum atomic E-state index is -0.796. The largest absolute Gasteiger partial charge is 0.484 e. The van der Waals surface area contributed by atoms with Crippen LogP contribution in [0.25, 0.3) is 11.1 Å². The summed E-state index contributed by atoms with van der Waals surface area (Å²) < 4.78 is 30.8. The number of carbonyl (C=O) groups excluding carboxylic acids is 7. The van der Waals surface area contributed by atoms with Crippen LogP contribution in [0.1, 0.15) is 104 Å². The normalized spacial score (nSPS) is 14.7. The number of aryl methyl sites for hydroxylation is 3. The predicted molar refractivity (Wildman–Crippen MR) is 319 cm³/mol. The number of ether oxygens (including phenoxy) is 5. The number of hydrogen-bond donors (Lipinski definition) is 6. The van der Waals surface area contributed by atoms with Crippen molar-refractivity contribution in [1.82, 2.24) is 66.1 Å². The number of aromatic amines is 1. The van der Waals surface area contributed by atoms with E-state index in [1.807, 2.05) is 38.1 Å². The summed E-state index contributed by atoms with van der Waals surface area (Å²) in [6.45, 7) is 11.4. The molecule has 6 amide bonds. The molecule has 1 aliphatic heterocycles. The van der Waals surface area contributed by atoms with Gasteiger partial charge in [-0.3, -0.25) is 38.5 Å². The van der Waals surface area contributed by atoms with Crippen LogP contribution in [0.15, 0.2) is 85.3 Å². The number of pyridine rings is 1. The number of nitrogens with zero attached hydrogens (tertiary/aromatic N) is 8. The van der Waals surface area contributed by atoms with E-state index in [1.165, 1.54) is 30.1 Å². The molecule has 9 rings (SSSR count). The van der Waals surface area contributed by atoms with Gasteiger partial charge in [-0.05, 0) is 124 Å². The first-order valence-corrected chi connectivity index (χ1v) is 29.8. The Labute approximate surface area is 509 Å². The Morgan fingerprint density at radius 2 is 1.59 bits per heavy atom. The average molecular weight is 1210 g/mol. The van der Waals surface area contributed by atoms with Crippen LogP contribution in [0.5, 0.6) is 17.4 Å². The number of amides is 6. The molecule has 0 bridgehead atoms. The first kappa shape index (κ1) is 63.5. The van der Waals surface area contributed by atoms with Crippen molar-refractivity contribution in [1.29, 1.82) is 0 Å². The standard InChI is InChI=1S/C62H78N14O12/c1-38-55(39(2)71-70-38)40-15-18-44(19-16-40)67-60(82)57(56(41-11-12-41)42-13-14-42)69-59(81)50-22-25-66-76(50)27-8-24-63-51(77)34-75-31-45(72-73-75)35-85-37-54(79)74-32-48(33-74)86-28-26-64-52(78)36-87-46-9-7-10-47(29-46)88-53-20-17-43(30-65-53)58(80)68-49(61(83)84-6)21-23-62(3,4)5/h7,9-10,15-20,22,25,29-31,41-42,48-49,56-57H,8,11-14,21,23-24,26-28,32-37H2,1-6H3,(H,63,77)(H,64,78)(H,67,82)(H,68,80)(H,69,81)(H,70,71)/t49-,57-/m0/s1. The average Bonchev–Trinajstić information content (AvgIpc) is 2.71. The Hall–Kier alpha value is -9.04. The van der Waals surface area contributed by atoms with E-state index in [0.29, 0.717) is 85.9 Å². The van der Waals surface area contributed by atoms with Crippen molar-refractivity contribution in [2.45, 2.75) is 117 Å². The van der Waals surface area contributed by atoms with Gasteiger partial charge in [-0.1, -0.05) is 44.2 Å². The first-order chi connectivity index (χ1) is 42.4. The molecule has 2 aromatic carbocycles. The molecule has 5 heterocycles. The number of anilines is 1. The van der Waals surface area contributed by atoms with Crippen LogP contribution >= 0.6 is 0 Å². The maximum Gasteiger partial charge on any atom is 0.328 e. The van der Waals surface area contributed by atoms with Gasteiger partial charge in [-0.2, -0.15) is 10.2 Å². The molecule has 1 saturated heterocycles. The predicted octanol–water partition coefficient (Wildman–Crippen LogP) is 5.09. The van der Waals surface area contributed by atoms with E-state index in [2.05, 4.69) is 77.9 Å². The number of hydrogen-bond acceptors (Lipinski definition) is 17. The lowest BCUT2D eigenvalue weighted by molar-refractivity contribution is -0.150. The fourth-order valence-electron chi connectivity index (χ4n) is 10.4. The van der Waals surface area contributed by atoms with Crippen molar-refractivity contribution in [2.75, 3.05) is 58.4 Å². The van der Waals surface area contributed by atoms with Crippen LogP contribution in [0.2, 0.25) is 0 Å². The van der Waals surface area contributed by atoms with Crippen molar-refractivity contribution in [3.63, 3.8) is 0 Å². The fourth-order valence-corrected chi connectivity index (χ4v) is 10.4. The van der Waals surface area contributed by atoms with Gasteiger partial charge < -0.3 is 55.2 Å². The smallest absolute Gasteiger partial charge is 0.328 e. The molecule has 0 radical (unpaired) electrons. The minimum absolute atomic E-state index is 0.00710. The molecule has 3 aliphatic rings. The SMILES string of the molecule is COC(=O)[C@H](CCC(C)(C)C)NC(=O)c1ccc(Oc2cccc(OCC(=O)NCCOC3CN(C(=O)COCc4cn(CC(=O)NCCCn5nccc5C(=O)N[C@H](C(=O)Nc5ccc(-c6c(C)n[nH]c6C)cc5)C(C5CC5)C5CC5)nn4)C3)c2)nc1. The first-order valence-electron chi connectivity index (χ1n) is 29.8. The van der Waals surface area contributed by atoms with Gasteiger partial charge >= 0.3 is 5.97 Å². The lowest BCUT2D eigenvalue weighted by Gasteiger charge is -2.38. The molecule has 468 valence electrons. The van der Waals surface area contributed by atoms with Gasteiger partial charge in [0.25, 0.3) is 17.7 Å². The molecular weight excluding hydrogens is 1130 g/mol. The Morgan fingerprint density at radius 3 is 2.28 bits per heavy atom. The molecule has 26 nitrogen and oxygen atoms in total. The van der Waals surface area contributed by atoms with Crippen molar-refractivity contribution in [3.8, 4) is 28.5 Å². The zero-order valence-corrected chi connectivity index (χ0v) is 50.5. The second-order valence-electron chi connectivity index (χ2n) is 23.7. The Bertz CT molecular complexity index is 3350. The number of esters is 1. The highest BCUT2D eigenvalue weighted by Gasteiger charge is 2.48. The Balaban J connectivity index is 0.610. The van der Waals surface area contributed by atoms with Crippen molar-refractivity contribution >= 4 is 47.1 Å². The van der Waals surface area contributed by atoms with Crippen LogP contribution in [0.3, 0.4) is 0 Å². The zero-order valence-electron chi connectivity index (χ0n) is 50.5. The number of likely N-dealkylation sites (tertiary alicyclic amines) is 1. The van der Waals surface area contributed by atoms with E-state index in [0.717, 1.165) is 48.2 Å². The van der Waals surface area contributed by atoms with Gasteiger partial charge in [0.2, 0.25) is 23.6 Å². The summed E-state index contributed by atoms with van der Waals surface area (Å²) in [4.78, 5) is 97.2. The summed E-state index contributed by atoms with van der Waals surface area (Å²) in [6, 6.07) is 17.5. The summed E-state index contributed by atoms with van der Waals surface area (Å²) in [5, 5.41) is 34.3. The summed E-state index contributed by atoms with van der Waals surface area (Å²) in [6.07, 6.45) is 10.0. The molecular formula is C62H78N14O12. The molecule has 3 fully saturated rings. The highest BCUT2D eigenvalue weighted by Crippen LogP contribution is 2.51. The van der Waals surface area contributed by atoms with E-state index in [4.69, 9.17) is 23.7 Å². The number of nitrogens with one attached hydrogen (secondary N) is 6. The van der Waals surface area contributed by atoms with E-state index in [9.17, 15) is 33.6 Å². The number of carbonyl (C=O) groups is 7. The van der Waals surface area contributed by atoms with E-state index in [1.54, 1.807) is 52.3 Å². The zero-order chi connectivity index (χ0) is 62.3. The maximum atomic E-state index is 14.0. The molecule has 26 heteroatoms. The van der Waals surface area contributed by atoms with Crippen LogP contribution in [0.4, 0.5) is 5.69 Å². The second kappa shape index (κ2) is 29.6. The summed E-state index contributed by atoms with van der Waals surface area (Å²) in [5.41, 5.74) is 5.50. The minimum Gasteiger partial charge on any atom is -0.484 e. The number of H-pyrrole nitrogens is 1. The number of rotatable bonds is 32. The highest BCUT2D eigenvalue weighted by atomic mass is 16.5. The molecule has 88 heavy (non-hydrogen) atoms. The van der Waals surface area contributed by atoms with Crippen LogP contribution < -0.4 is 36.1 Å². The van der Waals surface area contributed by atoms with Gasteiger partial charge in [0.15, 0.2) is 6.61 Å².